The number of para-hydroxylation sites is 1. The van der Waals surface area contributed by atoms with Gasteiger partial charge in [0.2, 0.25) is 29.5 Å². The minimum Gasteiger partial charge on any atom is -0.481 e. The molecule has 2 aliphatic rings. The number of benzene rings is 4. The monoisotopic (exact) mass is 1780 g/mol. The van der Waals surface area contributed by atoms with Gasteiger partial charge in [-0.1, -0.05) is 141 Å². The summed E-state index contributed by atoms with van der Waals surface area (Å²) in [5.41, 5.74) is 9.21. The number of anilines is 3. The van der Waals surface area contributed by atoms with Crippen molar-refractivity contribution in [3.8, 4) is 11.8 Å². The molecule has 3 heterocycles. The lowest BCUT2D eigenvalue weighted by atomic mass is 9.84. The number of unbranched alkanes of at least 4 members (excludes halogenated alkanes) is 2. The third-order valence-electron chi connectivity index (χ3n) is 22.1. The van der Waals surface area contributed by atoms with E-state index in [-0.39, 0.29) is 169 Å². The van der Waals surface area contributed by atoms with E-state index in [4.69, 9.17) is 44.0 Å². The molecule has 2 aliphatic heterocycles. The number of hydroxylamine groups is 2. The zero-order valence-electron chi connectivity index (χ0n) is 75.3. The number of urea groups is 1. The maximum Gasteiger partial charge on any atom is 0.411 e. The molecule has 127 heavy (non-hydrogen) atoms. The lowest BCUT2D eigenvalue weighted by Crippen LogP contribution is -2.58. The van der Waals surface area contributed by atoms with Crippen LogP contribution in [0.25, 0.3) is 0 Å². The predicted octanol–water partition coefficient (Wildman–Crippen LogP) is 10.9. The van der Waals surface area contributed by atoms with Crippen LogP contribution in [0.4, 0.5) is 31.4 Å². The molecule has 1 fully saturated rings. The van der Waals surface area contributed by atoms with Gasteiger partial charge in [0.05, 0.1) is 95.2 Å². The molecule has 0 radical (unpaired) electrons. The van der Waals surface area contributed by atoms with Crippen LogP contribution in [-0.4, -0.2) is 215 Å². The number of hydrogen-bond acceptors (Lipinski definition) is 22. The maximum atomic E-state index is 15.0. The maximum absolute atomic E-state index is 15.0. The minimum absolute atomic E-state index is 0.000585. The SMILES string of the molecule is CCCCCON(C(=O)[C@@H](NC(=O)[C@H]1CCCCN1C)[C@@H](C)CC)[C@H](C[C@@H](OC(=O)NC)c1nc(C(=O)N[C@@H](Cc2ccc(NC(=O)OCc3ccc(NC(=O)[C@H](CCCNC(N)=O)CC(=O)[C@@H](NC(=O)CCOCCOCCOCCOCCNC(=O)CCC(=O)N4Cc5ccccc5C#Cc5ccccc54)C(C)C)cc3)cc2)CC(C)(C)C(=O)O)cs1)C(C)C. The topological polar surface area (TPSA) is 435 Å². The number of nitrogens with two attached hydrogens (primary N) is 1. The number of piperidine rings is 1. The summed E-state index contributed by atoms with van der Waals surface area (Å²) < 4.78 is 33.9. The highest BCUT2D eigenvalue weighted by molar-refractivity contribution is 7.09. The second-order valence-corrected chi connectivity index (χ2v) is 34.1. The number of carboxylic acid groups (broad SMARTS) is 1. The van der Waals surface area contributed by atoms with Gasteiger partial charge in [-0.25, -0.2) is 24.4 Å². The van der Waals surface area contributed by atoms with Crippen LogP contribution >= 0.6 is 11.3 Å². The van der Waals surface area contributed by atoms with Crippen LogP contribution in [0.5, 0.6) is 0 Å². The zero-order valence-corrected chi connectivity index (χ0v) is 76.1. The molecule has 0 spiro atoms. The molecule has 694 valence electrons. The van der Waals surface area contributed by atoms with Gasteiger partial charge in [0.25, 0.3) is 11.8 Å². The number of amides is 11. The largest absolute Gasteiger partial charge is 0.481 e. The molecule has 1 saturated heterocycles. The average molecular weight is 1780 g/mol. The van der Waals surface area contributed by atoms with Gasteiger partial charge < -0.3 is 81.4 Å². The number of Topliss-reactive ketones (excluding diaryl/α,β-unsaturated/α-hetero) is 1. The molecule has 0 bridgehead atoms. The summed E-state index contributed by atoms with van der Waals surface area (Å²) in [7, 11) is 3.32. The van der Waals surface area contributed by atoms with Gasteiger partial charge in [0.15, 0.2) is 11.9 Å². The van der Waals surface area contributed by atoms with Crippen LogP contribution in [0.2, 0.25) is 0 Å². The number of rotatable bonds is 55. The Morgan fingerprint density at radius 1 is 0.677 bits per heavy atom. The third-order valence-corrected chi connectivity index (χ3v) is 23.0. The summed E-state index contributed by atoms with van der Waals surface area (Å²) in [5.74, 6) is 0.524. The number of carboxylic acids is 1. The fourth-order valence-corrected chi connectivity index (χ4v) is 15.3. The summed E-state index contributed by atoms with van der Waals surface area (Å²) in [5, 5.41) is 35.6. The van der Waals surface area contributed by atoms with Crippen molar-refractivity contribution in [1.29, 1.82) is 0 Å². The van der Waals surface area contributed by atoms with Crippen LogP contribution < -0.4 is 53.2 Å². The fraction of sp³-hybridized carbons (Fsp3) is 0.559. The molecule has 4 aromatic carbocycles. The molecule has 7 rings (SSSR count). The number of likely N-dealkylation sites (N-methyl/N-ethyl adjacent to an activating group) is 1. The smallest absolute Gasteiger partial charge is 0.411 e. The highest BCUT2D eigenvalue weighted by atomic mass is 32.1. The first-order chi connectivity index (χ1) is 60.9. The van der Waals surface area contributed by atoms with Crippen LogP contribution in [0, 0.1) is 40.9 Å². The quantitative estimate of drug-likeness (QED) is 0.00982. The van der Waals surface area contributed by atoms with Crippen molar-refractivity contribution < 1.29 is 95.9 Å². The van der Waals surface area contributed by atoms with Crippen LogP contribution in [-0.2, 0) is 91.2 Å². The van der Waals surface area contributed by atoms with Gasteiger partial charge >= 0.3 is 24.2 Å². The molecule has 34 heteroatoms. The molecule has 0 aliphatic carbocycles. The third kappa shape index (κ3) is 35.3. The van der Waals surface area contributed by atoms with E-state index < -0.39 is 89.4 Å². The number of alkyl carbamates (subject to hydrolysis) is 1. The molecule has 33 nitrogen and oxygen atoms in total. The summed E-state index contributed by atoms with van der Waals surface area (Å²) in [6.45, 7) is 19.9. The average Bonchev–Trinajstić information content (AvgIpc) is 1.81. The molecule has 5 aromatic rings. The number of thiazole rings is 1. The summed E-state index contributed by atoms with van der Waals surface area (Å²) in [6, 6.07) is 23.9. The van der Waals surface area contributed by atoms with Gasteiger partial charge in [-0.05, 0) is 149 Å². The molecule has 0 unspecified atom stereocenters. The Labute approximate surface area is 749 Å². The van der Waals surface area contributed by atoms with Crippen molar-refractivity contribution in [3.05, 3.63) is 141 Å². The van der Waals surface area contributed by atoms with Gasteiger partial charge in [0.1, 0.15) is 23.4 Å². The molecule has 8 atom stereocenters. The molecule has 11 amide bonds. The van der Waals surface area contributed by atoms with Crippen LogP contribution in [0.1, 0.15) is 208 Å². The Morgan fingerprint density at radius 3 is 1.97 bits per heavy atom. The second kappa shape index (κ2) is 54.3. The number of primary amides is 1. The number of ketones is 1. The highest BCUT2D eigenvalue weighted by Crippen LogP contribution is 2.34. The van der Waals surface area contributed by atoms with Crippen LogP contribution in [0.15, 0.2) is 102 Å². The van der Waals surface area contributed by atoms with Gasteiger partial charge in [-0.3, -0.25) is 58.2 Å². The normalized spacial score (nSPS) is 14.8. The van der Waals surface area contributed by atoms with Gasteiger partial charge in [0, 0.05) is 92.1 Å². The van der Waals surface area contributed by atoms with E-state index in [9.17, 15) is 57.8 Å². The van der Waals surface area contributed by atoms with E-state index in [2.05, 4.69) is 61.3 Å². The minimum atomic E-state index is -1.30. The van der Waals surface area contributed by atoms with E-state index in [0.717, 1.165) is 60.3 Å². The number of nitrogens with zero attached hydrogens (tertiary/aromatic N) is 4. The first-order valence-corrected chi connectivity index (χ1v) is 45.0. The number of hydrogen-bond donors (Lipinski definition) is 10. The number of likely N-dealkylation sites (tertiary alicyclic amines) is 1. The van der Waals surface area contributed by atoms with E-state index in [0.29, 0.717) is 80.2 Å². The van der Waals surface area contributed by atoms with Crippen molar-refractivity contribution >= 4 is 99.7 Å². The number of aromatic nitrogens is 1. The van der Waals surface area contributed by atoms with E-state index in [1.165, 1.54) is 17.5 Å². The summed E-state index contributed by atoms with van der Waals surface area (Å²) in [6.07, 6.45) is 3.28. The Morgan fingerprint density at radius 2 is 1.32 bits per heavy atom. The highest BCUT2D eigenvalue weighted by Gasteiger charge is 2.41. The number of carbonyl (C=O) groups excluding carboxylic acids is 11. The van der Waals surface area contributed by atoms with Crippen LogP contribution in [0.3, 0.4) is 0 Å². The first kappa shape index (κ1) is 103. The lowest BCUT2D eigenvalue weighted by Gasteiger charge is -2.39. The molecule has 0 saturated carbocycles. The second-order valence-electron chi connectivity index (χ2n) is 33.2. The summed E-state index contributed by atoms with van der Waals surface area (Å²) in [4.78, 5) is 176. The van der Waals surface area contributed by atoms with E-state index >= 15 is 4.79 Å². The Hall–Kier alpha value is -10.9. The van der Waals surface area contributed by atoms with Crippen molar-refractivity contribution in [2.24, 2.45) is 34.8 Å². The van der Waals surface area contributed by atoms with E-state index in [1.54, 1.807) is 81.1 Å². The van der Waals surface area contributed by atoms with Crippen molar-refractivity contribution in [2.75, 3.05) is 109 Å². The van der Waals surface area contributed by atoms with Gasteiger partial charge in [-0.15, -0.1) is 11.3 Å². The molecule has 1 aromatic heterocycles. The molecular weight excluding hydrogens is 1650 g/mol. The number of nitrogens with one attached hydrogen (secondary N) is 8. The van der Waals surface area contributed by atoms with Gasteiger partial charge in [-0.2, -0.15) is 0 Å². The molecule has 11 N–H and O–H groups in total. The number of carbonyl (C=O) groups is 12. The Bertz CT molecular complexity index is 4460. The Kier molecular flexibility index (Phi) is 44.1. The van der Waals surface area contributed by atoms with E-state index in [1.807, 2.05) is 88.2 Å². The zero-order chi connectivity index (χ0) is 92.4. The van der Waals surface area contributed by atoms with Crippen molar-refractivity contribution in [2.45, 2.75) is 215 Å². The number of ether oxygens (including phenoxy) is 6. The number of fused-ring (bicyclic) bond motifs is 2. The number of aliphatic carboxylic acids is 1. The van der Waals surface area contributed by atoms with Crippen molar-refractivity contribution in [3.63, 3.8) is 0 Å². The Balaban J connectivity index is 0.826. The predicted molar refractivity (Wildman–Crippen MR) is 481 cm³/mol. The fourth-order valence-electron chi connectivity index (χ4n) is 14.4. The first-order valence-electron chi connectivity index (χ1n) is 44.1. The summed E-state index contributed by atoms with van der Waals surface area (Å²) >= 11 is 1.07. The molecular formula is C93H131N13O20S. The lowest BCUT2D eigenvalue weighted by molar-refractivity contribution is -0.212. The standard InChI is InChI=1S/C93H131N13O20S/c1-12-14-21-45-125-106(88(114)83(63(7)13-2)103-86(113)75-28-19-20-44-104(75)11)76(61(3)4)56-78(126-91(118)95-10)87-101-73(60-127-87)85(112)99-72(57-93(8,9)89(115)116)54-64-29-35-71(36-30-64)100-92(119)124-59-65-31-37-70(38-32-65)98-84(111)68(26-22-42-97-90(94)117)55-77(107)82(62(5)6)102-80(109)41-46-120-48-50-122-52-53-123-51-49-121-47-43-96-79(108)39-40-81(110)105-58-69-25-16-15-23-66(69)33-34-67-24-17-18-27-74(67)105/h15-18,23-25,27,29-32,35-38,60-63,68,72,75-76,78,82-83H,12-14,19-22,26,28,39-59H2,1-11H3,(H,95,118)(H,96,108)(H,98,111)(H,99,112)(H,100,119)(H,102,109)(H,103,113)(H,115,116)(H3,94,97,117)/t63-,68+,72-,75+,76+,78+,82-,83-/m0/s1. The van der Waals surface area contributed by atoms with Crippen molar-refractivity contribution in [1.82, 2.24) is 46.8 Å².